The molecule has 2 aromatic carbocycles. The summed E-state index contributed by atoms with van der Waals surface area (Å²) in [6.07, 6.45) is 8.99. The number of hydrogen-bond donors (Lipinski definition) is 2. The van der Waals surface area contributed by atoms with Crippen LogP contribution in [0.5, 0.6) is 11.5 Å². The molecule has 2 N–H and O–H groups in total. The standard InChI is InChI=1S/C21H20O3/c22-19-7-3-1-5-15(19)9-11-17-13-14-18(21(17)24)12-10-16-6-2-4-8-20(16)23/h1-12,17-18,22-23H,13-14H2/b11-9+,12-10+. The molecule has 0 amide bonds. The third-order valence-electron chi connectivity index (χ3n) is 4.41. The van der Waals surface area contributed by atoms with E-state index in [0.29, 0.717) is 0 Å². The second-order valence-corrected chi connectivity index (χ2v) is 6.03. The van der Waals surface area contributed by atoms with Crippen LogP contribution in [0.3, 0.4) is 0 Å². The molecule has 1 fully saturated rings. The molecule has 3 nitrogen and oxygen atoms in total. The molecule has 0 radical (unpaired) electrons. The molecule has 0 bridgehead atoms. The Kier molecular flexibility index (Phi) is 4.80. The molecule has 0 saturated heterocycles. The number of aromatic hydroxyl groups is 2. The normalized spacial score (nSPS) is 21.1. The Hall–Kier alpha value is -2.81. The number of phenols is 2. The van der Waals surface area contributed by atoms with Crippen molar-refractivity contribution in [3.63, 3.8) is 0 Å². The zero-order valence-corrected chi connectivity index (χ0v) is 13.3. The number of ketones is 1. The summed E-state index contributed by atoms with van der Waals surface area (Å²) in [6, 6.07) is 14.2. The van der Waals surface area contributed by atoms with Gasteiger partial charge in [-0.3, -0.25) is 4.79 Å². The largest absolute Gasteiger partial charge is 0.507 e. The van der Waals surface area contributed by atoms with Crippen LogP contribution in [0, 0.1) is 11.8 Å². The third-order valence-corrected chi connectivity index (χ3v) is 4.41. The number of Topliss-reactive ketones (excluding diaryl/α,β-unsaturated/α-hetero) is 1. The molecule has 1 aliphatic carbocycles. The summed E-state index contributed by atoms with van der Waals surface area (Å²) in [6.45, 7) is 0. The third kappa shape index (κ3) is 3.57. The average molecular weight is 320 g/mol. The maximum absolute atomic E-state index is 12.5. The minimum Gasteiger partial charge on any atom is -0.507 e. The number of hydrogen-bond acceptors (Lipinski definition) is 3. The van der Waals surface area contributed by atoms with Gasteiger partial charge < -0.3 is 10.2 Å². The number of benzene rings is 2. The van der Waals surface area contributed by atoms with Crippen molar-refractivity contribution in [2.24, 2.45) is 11.8 Å². The van der Waals surface area contributed by atoms with Gasteiger partial charge in [-0.25, -0.2) is 0 Å². The van der Waals surface area contributed by atoms with E-state index in [4.69, 9.17) is 0 Å². The lowest BCUT2D eigenvalue weighted by Crippen LogP contribution is -2.10. The van der Waals surface area contributed by atoms with Crippen LogP contribution in [0.4, 0.5) is 0 Å². The van der Waals surface area contributed by atoms with E-state index in [1.807, 2.05) is 48.6 Å². The number of carbonyl (C=O) groups is 1. The Balaban J connectivity index is 1.67. The molecule has 2 atom stereocenters. The van der Waals surface area contributed by atoms with Gasteiger partial charge in [-0.05, 0) is 25.0 Å². The van der Waals surface area contributed by atoms with Crippen LogP contribution >= 0.6 is 0 Å². The number of allylic oxidation sites excluding steroid dienone is 2. The lowest BCUT2D eigenvalue weighted by molar-refractivity contribution is -0.121. The summed E-state index contributed by atoms with van der Waals surface area (Å²) in [5.41, 5.74) is 1.44. The molecule has 0 aliphatic heterocycles. The summed E-state index contributed by atoms with van der Waals surface area (Å²) in [4.78, 5) is 12.5. The fourth-order valence-corrected chi connectivity index (χ4v) is 3.00. The van der Waals surface area contributed by atoms with E-state index < -0.39 is 0 Å². The molecule has 1 saturated carbocycles. The molecule has 2 unspecified atom stereocenters. The smallest absolute Gasteiger partial charge is 0.146 e. The first-order valence-corrected chi connectivity index (χ1v) is 8.11. The quantitative estimate of drug-likeness (QED) is 0.876. The SMILES string of the molecule is O=C1C(/C=C/c2ccccc2O)CCC1/C=C/c1ccccc1O. The minimum atomic E-state index is -0.122. The molecular weight excluding hydrogens is 300 g/mol. The van der Waals surface area contributed by atoms with Crippen LogP contribution in [0.15, 0.2) is 60.7 Å². The molecule has 1 aliphatic rings. The molecule has 0 aromatic heterocycles. The van der Waals surface area contributed by atoms with E-state index >= 15 is 0 Å². The molecule has 3 rings (SSSR count). The van der Waals surface area contributed by atoms with Gasteiger partial charge in [-0.1, -0.05) is 60.7 Å². The van der Waals surface area contributed by atoms with Crippen LogP contribution in [0.2, 0.25) is 0 Å². The Morgan fingerprint density at radius 1 is 0.750 bits per heavy atom. The number of phenolic OH excluding ortho intramolecular Hbond substituents is 2. The fraction of sp³-hybridized carbons (Fsp3) is 0.190. The van der Waals surface area contributed by atoms with Crippen LogP contribution in [-0.4, -0.2) is 16.0 Å². The number of rotatable bonds is 4. The molecule has 0 heterocycles. The fourth-order valence-electron chi connectivity index (χ4n) is 3.00. The molecule has 3 heteroatoms. The van der Waals surface area contributed by atoms with E-state index in [-0.39, 0.29) is 29.1 Å². The molecule has 24 heavy (non-hydrogen) atoms. The van der Waals surface area contributed by atoms with E-state index in [9.17, 15) is 15.0 Å². The molecular formula is C21H20O3. The Bertz CT molecular complexity index is 724. The Morgan fingerprint density at radius 3 is 1.58 bits per heavy atom. The number of para-hydroxylation sites is 2. The highest BCUT2D eigenvalue weighted by atomic mass is 16.3. The average Bonchev–Trinajstić information content (AvgIpc) is 2.94. The maximum atomic E-state index is 12.5. The van der Waals surface area contributed by atoms with Crippen LogP contribution in [0.25, 0.3) is 12.2 Å². The maximum Gasteiger partial charge on any atom is 0.146 e. The monoisotopic (exact) mass is 320 g/mol. The van der Waals surface area contributed by atoms with E-state index in [1.54, 1.807) is 24.3 Å². The second kappa shape index (κ2) is 7.18. The van der Waals surface area contributed by atoms with Crippen molar-refractivity contribution in [1.82, 2.24) is 0 Å². The first-order chi connectivity index (χ1) is 11.6. The van der Waals surface area contributed by atoms with Crippen molar-refractivity contribution >= 4 is 17.9 Å². The first kappa shape index (κ1) is 16.1. The molecule has 122 valence electrons. The molecule has 2 aromatic rings. The summed E-state index contributed by atoms with van der Waals surface area (Å²) in [5.74, 6) is 0.381. The number of carbonyl (C=O) groups excluding carboxylic acids is 1. The zero-order chi connectivity index (χ0) is 16.9. The van der Waals surface area contributed by atoms with Crippen LogP contribution < -0.4 is 0 Å². The highest BCUT2D eigenvalue weighted by Crippen LogP contribution is 2.31. The second-order valence-electron chi connectivity index (χ2n) is 6.03. The van der Waals surface area contributed by atoms with Crippen LogP contribution in [-0.2, 0) is 4.79 Å². The van der Waals surface area contributed by atoms with Gasteiger partial charge in [0.05, 0.1) is 0 Å². The lowest BCUT2D eigenvalue weighted by atomic mass is 10.00. The molecule has 0 spiro atoms. The van der Waals surface area contributed by atoms with Gasteiger partial charge in [-0.2, -0.15) is 0 Å². The summed E-state index contributed by atoms with van der Waals surface area (Å²) < 4.78 is 0. The lowest BCUT2D eigenvalue weighted by Gasteiger charge is -2.04. The topological polar surface area (TPSA) is 57.5 Å². The van der Waals surface area contributed by atoms with Crippen molar-refractivity contribution in [1.29, 1.82) is 0 Å². The van der Waals surface area contributed by atoms with Gasteiger partial charge in [0, 0.05) is 23.0 Å². The Labute approximate surface area is 141 Å². The zero-order valence-electron chi connectivity index (χ0n) is 13.3. The van der Waals surface area contributed by atoms with Crippen molar-refractivity contribution in [2.75, 3.05) is 0 Å². The van der Waals surface area contributed by atoms with Crippen molar-refractivity contribution in [2.45, 2.75) is 12.8 Å². The highest BCUT2D eigenvalue weighted by molar-refractivity contribution is 5.90. The van der Waals surface area contributed by atoms with Gasteiger partial charge in [0.1, 0.15) is 17.3 Å². The van der Waals surface area contributed by atoms with Gasteiger partial charge in [-0.15, -0.1) is 0 Å². The highest BCUT2D eigenvalue weighted by Gasteiger charge is 2.30. The summed E-state index contributed by atoms with van der Waals surface area (Å²) in [5, 5.41) is 19.5. The van der Waals surface area contributed by atoms with Crippen molar-refractivity contribution in [3.05, 3.63) is 71.8 Å². The Morgan fingerprint density at radius 2 is 1.17 bits per heavy atom. The summed E-state index contributed by atoms with van der Waals surface area (Å²) in [7, 11) is 0. The van der Waals surface area contributed by atoms with E-state index in [0.717, 1.165) is 24.0 Å². The van der Waals surface area contributed by atoms with Crippen molar-refractivity contribution in [3.8, 4) is 11.5 Å². The van der Waals surface area contributed by atoms with Gasteiger partial charge in [0.25, 0.3) is 0 Å². The van der Waals surface area contributed by atoms with Gasteiger partial charge >= 0.3 is 0 Å². The van der Waals surface area contributed by atoms with E-state index in [1.165, 1.54) is 0 Å². The van der Waals surface area contributed by atoms with E-state index in [2.05, 4.69) is 0 Å². The predicted octanol–water partition coefficient (Wildman–Crippen LogP) is 4.42. The predicted molar refractivity (Wildman–Crippen MR) is 95.5 cm³/mol. The first-order valence-electron chi connectivity index (χ1n) is 8.11. The van der Waals surface area contributed by atoms with Crippen LogP contribution in [0.1, 0.15) is 24.0 Å². The van der Waals surface area contributed by atoms with Crippen molar-refractivity contribution < 1.29 is 15.0 Å². The van der Waals surface area contributed by atoms with Gasteiger partial charge in [0.2, 0.25) is 0 Å². The summed E-state index contributed by atoms with van der Waals surface area (Å²) >= 11 is 0. The minimum absolute atomic E-state index is 0.122. The van der Waals surface area contributed by atoms with Gasteiger partial charge in [0.15, 0.2) is 0 Å².